The summed E-state index contributed by atoms with van der Waals surface area (Å²) in [6, 6.07) is 12.1. The van der Waals surface area contributed by atoms with Gasteiger partial charge in [-0.15, -0.1) is 0 Å². The van der Waals surface area contributed by atoms with Crippen LogP contribution in [0.1, 0.15) is 25.5 Å². The van der Waals surface area contributed by atoms with Crippen LogP contribution in [0, 0.1) is 0 Å². The molecule has 1 aliphatic rings. The topological polar surface area (TPSA) is 45.5 Å². The van der Waals surface area contributed by atoms with E-state index in [0.717, 1.165) is 36.5 Å². The van der Waals surface area contributed by atoms with Crippen molar-refractivity contribution in [2.75, 3.05) is 16.8 Å². The average Bonchev–Trinajstić information content (AvgIpc) is 3.11. The molecule has 1 amide bonds. The molecule has 0 spiro atoms. The Morgan fingerprint density at radius 2 is 2.14 bits per heavy atom. The maximum atomic E-state index is 12.0. The molecule has 0 bridgehead atoms. The second kappa shape index (κ2) is 6.04. The van der Waals surface area contributed by atoms with Gasteiger partial charge < -0.3 is 14.6 Å². The van der Waals surface area contributed by atoms with E-state index in [4.69, 9.17) is 4.42 Å². The van der Waals surface area contributed by atoms with Crippen molar-refractivity contribution in [1.29, 1.82) is 0 Å². The molecule has 1 fully saturated rings. The second-order valence-corrected chi connectivity index (χ2v) is 5.49. The molecular formula is C17H20N2O2. The van der Waals surface area contributed by atoms with E-state index in [1.807, 2.05) is 41.3 Å². The summed E-state index contributed by atoms with van der Waals surface area (Å²) in [6.45, 7) is 2.93. The Balaban J connectivity index is 1.74. The highest BCUT2D eigenvalue weighted by Crippen LogP contribution is 2.30. The number of rotatable bonds is 5. The van der Waals surface area contributed by atoms with E-state index in [9.17, 15) is 4.79 Å². The fraction of sp³-hybridized carbons (Fsp3) is 0.353. The molecule has 1 aliphatic heterocycles. The highest BCUT2D eigenvalue weighted by molar-refractivity contribution is 5.98. The van der Waals surface area contributed by atoms with Crippen molar-refractivity contribution < 1.29 is 9.21 Å². The molecule has 4 nitrogen and oxygen atoms in total. The van der Waals surface area contributed by atoms with Gasteiger partial charge in [0.1, 0.15) is 5.76 Å². The lowest BCUT2D eigenvalue weighted by Crippen LogP contribution is -2.26. The zero-order valence-corrected chi connectivity index (χ0v) is 12.2. The minimum Gasteiger partial charge on any atom is -0.469 e. The predicted molar refractivity (Wildman–Crippen MR) is 83.5 cm³/mol. The Bertz CT molecular complexity index is 607. The van der Waals surface area contributed by atoms with Gasteiger partial charge in [-0.2, -0.15) is 0 Å². The number of amides is 1. The van der Waals surface area contributed by atoms with Crippen molar-refractivity contribution in [2.24, 2.45) is 0 Å². The Kier molecular flexibility index (Phi) is 3.95. The van der Waals surface area contributed by atoms with E-state index < -0.39 is 0 Å². The standard InChI is InChI=1S/C17H20N2O2/c1-13(12-14-6-5-11-21-14)18-15-7-2-3-8-16(15)19-10-4-9-17(19)20/h2-3,5-8,11,13,18H,4,9-10,12H2,1H3. The van der Waals surface area contributed by atoms with Crippen molar-refractivity contribution in [3.63, 3.8) is 0 Å². The summed E-state index contributed by atoms with van der Waals surface area (Å²) >= 11 is 0. The van der Waals surface area contributed by atoms with Crippen LogP contribution in [0.3, 0.4) is 0 Å². The SMILES string of the molecule is CC(Cc1ccco1)Nc1ccccc1N1CCCC1=O. The van der Waals surface area contributed by atoms with Crippen molar-refractivity contribution in [3.05, 3.63) is 48.4 Å². The number of nitrogens with zero attached hydrogens (tertiary/aromatic N) is 1. The molecule has 1 unspecified atom stereocenters. The maximum Gasteiger partial charge on any atom is 0.227 e. The number of nitrogens with one attached hydrogen (secondary N) is 1. The van der Waals surface area contributed by atoms with Gasteiger partial charge in [0.25, 0.3) is 0 Å². The van der Waals surface area contributed by atoms with E-state index in [-0.39, 0.29) is 11.9 Å². The molecule has 0 saturated carbocycles. The summed E-state index contributed by atoms with van der Waals surface area (Å²) in [7, 11) is 0. The van der Waals surface area contributed by atoms with E-state index in [2.05, 4.69) is 12.2 Å². The molecule has 1 N–H and O–H groups in total. The van der Waals surface area contributed by atoms with Gasteiger partial charge in [-0.1, -0.05) is 12.1 Å². The lowest BCUT2D eigenvalue weighted by Gasteiger charge is -2.22. The fourth-order valence-corrected chi connectivity index (χ4v) is 2.78. The third-order valence-corrected chi connectivity index (χ3v) is 3.76. The molecular weight excluding hydrogens is 264 g/mol. The van der Waals surface area contributed by atoms with Gasteiger partial charge in [-0.3, -0.25) is 4.79 Å². The first-order valence-electron chi connectivity index (χ1n) is 7.42. The van der Waals surface area contributed by atoms with Crippen LogP contribution in [0.25, 0.3) is 0 Å². The zero-order valence-electron chi connectivity index (χ0n) is 12.2. The summed E-state index contributed by atoms with van der Waals surface area (Å²) in [5, 5.41) is 3.49. The van der Waals surface area contributed by atoms with Gasteiger partial charge >= 0.3 is 0 Å². The summed E-state index contributed by atoms with van der Waals surface area (Å²) in [5.41, 5.74) is 1.98. The maximum absolute atomic E-state index is 12.0. The third kappa shape index (κ3) is 3.10. The molecule has 3 rings (SSSR count). The van der Waals surface area contributed by atoms with Gasteiger partial charge in [0.05, 0.1) is 17.6 Å². The van der Waals surface area contributed by atoms with Crippen molar-refractivity contribution in [1.82, 2.24) is 0 Å². The Hall–Kier alpha value is -2.23. The van der Waals surface area contributed by atoms with Crippen molar-refractivity contribution in [2.45, 2.75) is 32.2 Å². The molecule has 0 radical (unpaired) electrons. The Morgan fingerprint density at radius 3 is 2.86 bits per heavy atom. The number of benzene rings is 1. The first kappa shape index (κ1) is 13.7. The highest BCUT2D eigenvalue weighted by Gasteiger charge is 2.24. The van der Waals surface area contributed by atoms with Crippen molar-refractivity contribution >= 4 is 17.3 Å². The lowest BCUT2D eigenvalue weighted by atomic mass is 10.1. The number of para-hydroxylation sites is 2. The summed E-state index contributed by atoms with van der Waals surface area (Å²) in [6.07, 6.45) is 4.10. The number of hydrogen-bond donors (Lipinski definition) is 1. The van der Waals surface area contributed by atoms with Crippen LogP contribution >= 0.6 is 0 Å². The van der Waals surface area contributed by atoms with E-state index >= 15 is 0 Å². The largest absolute Gasteiger partial charge is 0.469 e. The first-order valence-corrected chi connectivity index (χ1v) is 7.42. The minimum absolute atomic E-state index is 0.211. The molecule has 1 atom stereocenters. The van der Waals surface area contributed by atoms with E-state index in [1.54, 1.807) is 6.26 Å². The minimum atomic E-state index is 0.211. The van der Waals surface area contributed by atoms with Crippen LogP contribution in [0.4, 0.5) is 11.4 Å². The van der Waals surface area contributed by atoms with Gasteiger partial charge in [0.2, 0.25) is 5.91 Å². The molecule has 1 aromatic carbocycles. The lowest BCUT2D eigenvalue weighted by molar-refractivity contribution is -0.117. The number of hydrogen-bond acceptors (Lipinski definition) is 3. The van der Waals surface area contributed by atoms with Crippen LogP contribution in [0.15, 0.2) is 47.1 Å². The predicted octanol–water partition coefficient (Wildman–Crippen LogP) is 3.45. The number of anilines is 2. The van der Waals surface area contributed by atoms with Crippen molar-refractivity contribution in [3.8, 4) is 0 Å². The zero-order chi connectivity index (χ0) is 14.7. The first-order chi connectivity index (χ1) is 10.2. The third-order valence-electron chi connectivity index (χ3n) is 3.76. The molecule has 110 valence electrons. The van der Waals surface area contributed by atoms with Crippen LogP contribution in [-0.4, -0.2) is 18.5 Å². The molecule has 1 saturated heterocycles. The number of furan rings is 1. The Labute approximate surface area is 124 Å². The molecule has 4 heteroatoms. The van der Waals surface area contributed by atoms with Gasteiger partial charge in [0, 0.05) is 25.4 Å². The Morgan fingerprint density at radius 1 is 1.29 bits per heavy atom. The number of carbonyl (C=O) groups excluding carboxylic acids is 1. The molecule has 2 aromatic rings. The van der Waals surface area contributed by atoms with Gasteiger partial charge in [0.15, 0.2) is 0 Å². The van der Waals surface area contributed by atoms with Gasteiger partial charge in [-0.25, -0.2) is 0 Å². The van der Waals surface area contributed by atoms with E-state index in [1.165, 1.54) is 0 Å². The quantitative estimate of drug-likeness (QED) is 0.914. The van der Waals surface area contributed by atoms with Crippen LogP contribution < -0.4 is 10.2 Å². The number of carbonyl (C=O) groups is 1. The average molecular weight is 284 g/mol. The highest BCUT2D eigenvalue weighted by atomic mass is 16.3. The second-order valence-electron chi connectivity index (χ2n) is 5.49. The van der Waals surface area contributed by atoms with Crippen LogP contribution in [-0.2, 0) is 11.2 Å². The molecule has 0 aliphatic carbocycles. The molecule has 2 heterocycles. The molecule has 1 aromatic heterocycles. The molecule has 21 heavy (non-hydrogen) atoms. The summed E-state index contributed by atoms with van der Waals surface area (Å²) in [4.78, 5) is 13.8. The van der Waals surface area contributed by atoms with Gasteiger partial charge in [-0.05, 0) is 37.6 Å². The smallest absolute Gasteiger partial charge is 0.227 e. The van der Waals surface area contributed by atoms with Crippen LogP contribution in [0.5, 0.6) is 0 Å². The van der Waals surface area contributed by atoms with Crippen LogP contribution in [0.2, 0.25) is 0 Å². The normalized spacial score (nSPS) is 16.2. The fourth-order valence-electron chi connectivity index (χ4n) is 2.78. The summed E-state index contributed by atoms with van der Waals surface area (Å²) in [5.74, 6) is 1.17. The summed E-state index contributed by atoms with van der Waals surface area (Å²) < 4.78 is 5.38. The monoisotopic (exact) mass is 284 g/mol. The van der Waals surface area contributed by atoms with E-state index in [0.29, 0.717) is 6.42 Å².